The van der Waals surface area contributed by atoms with E-state index < -0.39 is 7.59 Å². The molecule has 0 N–H and O–H groups in total. The van der Waals surface area contributed by atoms with Gasteiger partial charge in [0.2, 0.25) is 0 Å². The standard InChI is InChI=1S/C21H25.C15H8Cl6.C5H5.2ClH.Zr/c1-20(2,3)16-9-7-14-11-15-8-10-17(21(4,5)6)13-19(15)18(14)12-16;16-14(17,18)12-5-1-3-10(8-12)7-11-4-2-6-13(9-11)15(19,20)21;1-2-4-5-3-1;;;/h7,9-10,12-13H,11H2,1-6H3;1-6,8-9H;1-3H,4H2;2*1H;/q-1;;-1;;;+2. The van der Waals surface area contributed by atoms with Crippen molar-refractivity contribution in [1.29, 1.82) is 0 Å². The Balaban J connectivity index is 0.000000293. The van der Waals surface area contributed by atoms with Gasteiger partial charge in [0.05, 0.1) is 0 Å². The van der Waals surface area contributed by atoms with Gasteiger partial charge in [-0.1, -0.05) is 76.3 Å². The van der Waals surface area contributed by atoms with Crippen LogP contribution in [0.1, 0.15) is 92.5 Å². The SMILES string of the molecule is CC(C)(C)c1c[c-]c2c(c1)-c1cc(C(C)(C)C)ccc1C2.Cl.Cl.ClC(Cl)(Cl)c1cccc([C](=[Zr+2])c2cccc(C(Cl)(Cl)Cl)c2)c1.[C-]1=CC=CC1. The molecular formula is C41H40Cl8Zr. The quantitative estimate of drug-likeness (QED) is 0.122. The maximum atomic E-state index is 5.94. The Labute approximate surface area is 356 Å². The van der Waals surface area contributed by atoms with Crippen molar-refractivity contribution < 1.29 is 24.2 Å². The average Bonchev–Trinajstić information content (AvgIpc) is 3.71. The largest absolute Gasteiger partial charge is 0.273 e. The van der Waals surface area contributed by atoms with Crippen molar-refractivity contribution in [1.82, 2.24) is 0 Å². The second-order valence-corrected chi connectivity index (χ2v) is 19.7. The monoisotopic (exact) mass is 902 g/mol. The summed E-state index contributed by atoms with van der Waals surface area (Å²) >= 11 is 36.9. The van der Waals surface area contributed by atoms with Crippen LogP contribution in [0.2, 0.25) is 0 Å². The molecule has 50 heavy (non-hydrogen) atoms. The van der Waals surface area contributed by atoms with Crippen molar-refractivity contribution in [3.63, 3.8) is 0 Å². The third kappa shape index (κ3) is 12.5. The summed E-state index contributed by atoms with van der Waals surface area (Å²) < 4.78 is -1.82. The first kappa shape index (κ1) is 45.6. The normalized spacial score (nSPS) is 13.1. The predicted molar refractivity (Wildman–Crippen MR) is 222 cm³/mol. The van der Waals surface area contributed by atoms with E-state index in [0.29, 0.717) is 11.1 Å². The summed E-state index contributed by atoms with van der Waals surface area (Å²) in [6.45, 7) is 13.6. The fraction of sp³-hybridized carbons (Fsp3) is 0.293. The molecule has 0 saturated carbocycles. The molecule has 2 aliphatic rings. The van der Waals surface area contributed by atoms with Gasteiger partial charge >= 0.3 is 175 Å². The van der Waals surface area contributed by atoms with Crippen LogP contribution in [0, 0.1) is 12.1 Å². The van der Waals surface area contributed by atoms with E-state index in [-0.39, 0.29) is 35.6 Å². The van der Waals surface area contributed by atoms with Crippen molar-refractivity contribution in [3.05, 3.63) is 154 Å². The zero-order valence-corrected chi connectivity index (χ0v) is 37.4. The maximum absolute atomic E-state index is 5.94. The van der Waals surface area contributed by atoms with Crippen LogP contribution < -0.4 is 0 Å². The predicted octanol–water partition coefficient (Wildman–Crippen LogP) is 14.3. The van der Waals surface area contributed by atoms with E-state index >= 15 is 0 Å². The minimum Gasteiger partial charge on any atom is -0.273 e. The van der Waals surface area contributed by atoms with Crippen LogP contribution in [0.4, 0.5) is 0 Å². The number of fused-ring (bicyclic) bond motifs is 3. The van der Waals surface area contributed by atoms with Crippen molar-refractivity contribution in [2.45, 2.75) is 72.8 Å². The molecule has 2 aliphatic carbocycles. The Kier molecular flexibility index (Phi) is 17.0. The second-order valence-electron chi connectivity index (χ2n) is 13.9. The van der Waals surface area contributed by atoms with Crippen molar-refractivity contribution in [2.24, 2.45) is 0 Å². The van der Waals surface area contributed by atoms with Gasteiger partial charge < -0.3 is 0 Å². The van der Waals surface area contributed by atoms with Gasteiger partial charge in [0.15, 0.2) is 0 Å². The Morgan fingerprint density at radius 3 is 1.58 bits per heavy atom. The smallest absolute Gasteiger partial charge is 0.109 e. The van der Waals surface area contributed by atoms with Gasteiger partial charge in [0.25, 0.3) is 0 Å². The number of halogens is 8. The molecule has 0 heterocycles. The Hall–Kier alpha value is -0.567. The number of alkyl halides is 6. The van der Waals surface area contributed by atoms with Gasteiger partial charge in [-0.3, -0.25) is 6.08 Å². The molecule has 0 atom stereocenters. The summed E-state index contributed by atoms with van der Waals surface area (Å²) in [7, 11) is 0. The molecule has 0 spiro atoms. The third-order valence-corrected chi connectivity index (χ3v) is 10.8. The molecule has 0 radical (unpaired) electrons. The summed E-state index contributed by atoms with van der Waals surface area (Å²) in [5, 5.41) is 0. The molecule has 0 fully saturated rings. The molecule has 0 aliphatic heterocycles. The Morgan fingerprint density at radius 1 is 0.640 bits per heavy atom. The van der Waals surface area contributed by atoms with E-state index in [4.69, 9.17) is 69.6 Å². The minimum absolute atomic E-state index is 0. The number of hydrogen-bond acceptors (Lipinski definition) is 0. The minimum atomic E-state index is -1.45. The van der Waals surface area contributed by atoms with E-state index in [9.17, 15) is 0 Å². The first-order valence-electron chi connectivity index (χ1n) is 15.6. The van der Waals surface area contributed by atoms with Crippen LogP contribution in [0.3, 0.4) is 0 Å². The second kappa shape index (κ2) is 18.7. The van der Waals surface area contributed by atoms with Gasteiger partial charge in [0.1, 0.15) is 0 Å². The van der Waals surface area contributed by atoms with Gasteiger partial charge in [-0.15, -0.1) is 36.8 Å². The Bertz CT molecular complexity index is 1700. The topological polar surface area (TPSA) is 0 Å². The van der Waals surface area contributed by atoms with Crippen LogP contribution in [0.5, 0.6) is 0 Å². The molecule has 0 aromatic heterocycles. The molecule has 4 aromatic rings. The first-order valence-corrected chi connectivity index (χ1v) is 19.1. The van der Waals surface area contributed by atoms with Crippen molar-refractivity contribution in [2.75, 3.05) is 0 Å². The van der Waals surface area contributed by atoms with E-state index in [1.54, 1.807) is 12.1 Å². The molecule has 0 saturated heterocycles. The number of benzene rings is 4. The van der Waals surface area contributed by atoms with Gasteiger partial charge in [-0.05, 0) is 17.4 Å². The van der Waals surface area contributed by atoms with Gasteiger partial charge in [-0.25, -0.2) is 12.2 Å². The first-order chi connectivity index (χ1) is 22.2. The third-order valence-electron chi connectivity index (χ3n) is 8.07. The fourth-order valence-corrected chi connectivity index (χ4v) is 6.66. The molecule has 0 unspecified atom stereocenters. The number of allylic oxidation sites excluding steroid dienone is 4. The van der Waals surface area contributed by atoms with E-state index in [2.05, 4.69) is 90.1 Å². The molecular weight excluding hydrogens is 867 g/mol. The molecule has 0 bridgehead atoms. The van der Waals surface area contributed by atoms with E-state index in [1.165, 1.54) is 57.6 Å². The zero-order valence-electron chi connectivity index (χ0n) is 28.7. The van der Waals surface area contributed by atoms with Crippen molar-refractivity contribution >= 4 is 97.6 Å². The summed E-state index contributed by atoms with van der Waals surface area (Å²) in [6.07, 6.45) is 11.0. The zero-order chi connectivity index (χ0) is 35.5. The maximum Gasteiger partial charge on any atom is -0.109 e. The van der Waals surface area contributed by atoms with Crippen LogP contribution >= 0.6 is 94.4 Å². The van der Waals surface area contributed by atoms with E-state index in [1.807, 2.05) is 48.6 Å². The van der Waals surface area contributed by atoms with Crippen LogP contribution in [-0.2, 0) is 49.1 Å². The molecule has 4 aromatic carbocycles. The summed E-state index contributed by atoms with van der Waals surface area (Å²) in [6, 6.07) is 30.0. The molecule has 9 heteroatoms. The molecule has 0 nitrogen and oxygen atoms in total. The van der Waals surface area contributed by atoms with Gasteiger partial charge in [-0.2, -0.15) is 35.4 Å². The van der Waals surface area contributed by atoms with Crippen LogP contribution in [0.15, 0.2) is 97.1 Å². The van der Waals surface area contributed by atoms with Gasteiger partial charge in [0, 0.05) is 0 Å². The summed E-state index contributed by atoms with van der Waals surface area (Å²) in [5.74, 6) is 0. The van der Waals surface area contributed by atoms with Crippen molar-refractivity contribution in [3.8, 4) is 11.1 Å². The summed E-state index contributed by atoms with van der Waals surface area (Å²) in [5.41, 5.74) is 11.9. The van der Waals surface area contributed by atoms with E-state index in [0.717, 1.165) is 27.2 Å². The van der Waals surface area contributed by atoms with Crippen LogP contribution in [0.25, 0.3) is 11.1 Å². The summed E-state index contributed by atoms with van der Waals surface area (Å²) in [4.78, 5) is 0. The molecule has 0 amide bonds. The average molecular weight is 908 g/mol. The number of hydrogen-bond donors (Lipinski definition) is 0. The fourth-order valence-electron chi connectivity index (χ4n) is 5.19. The van der Waals surface area contributed by atoms with Crippen LogP contribution in [-0.4, -0.2) is 3.21 Å². The Morgan fingerprint density at radius 2 is 1.16 bits per heavy atom. The molecule has 264 valence electrons. The number of rotatable bonds is 2. The molecule has 6 rings (SSSR count).